The molecule has 0 aliphatic carbocycles. The van der Waals surface area contributed by atoms with E-state index in [-0.39, 0.29) is 24.0 Å². The number of ether oxygens (including phenoxy) is 4. The first-order valence-corrected chi connectivity index (χ1v) is 28.5. The average Bonchev–Trinajstić information content (AvgIpc) is 4.44. The minimum absolute atomic E-state index is 0.0458. The van der Waals surface area contributed by atoms with E-state index in [0.717, 1.165) is 59.6 Å². The fraction of sp³-hybridized carbons (Fsp3) is 0.537. The van der Waals surface area contributed by atoms with Crippen LogP contribution in [0.2, 0.25) is 0 Å². The third-order valence-electron chi connectivity index (χ3n) is 12.2. The highest BCUT2D eigenvalue weighted by Gasteiger charge is 2.36. The van der Waals surface area contributed by atoms with Crippen LogP contribution in [0.25, 0.3) is 22.4 Å². The molecule has 7 aromatic heterocycles. The first kappa shape index (κ1) is 58.4. The number of nitrogens with zero attached hydrogens (tertiary/aromatic N) is 14. The lowest BCUT2D eigenvalue weighted by Crippen LogP contribution is -2.42. The number of amides is 4. The van der Waals surface area contributed by atoms with E-state index in [4.69, 9.17) is 28.9 Å². The fourth-order valence-corrected chi connectivity index (χ4v) is 10.8. The van der Waals surface area contributed by atoms with Gasteiger partial charge in [0, 0.05) is 74.5 Å². The standard InChI is InChI=1S/C29H38N8O4S.C25H33BrN6O4S/c1-18-12-24(42-33-18)36(27(39)41-29(5,6)7)23-13-22(19-10-9-11-35(17-19)26(38)40-28(2,3)4)32-25-21(15-31-37(23)25)20-14-30-34(8)16-20;1-15-11-20(37-29-15)31(23(34)36-25(5,6)7)19-12-18(28-21-17(26)13-27-32(19)21)16-9-8-10-30(14-16)22(33)35-24(2,3)4/h12-16,19H,9-11,17H2,1-8H3;11-13,16H,8-10,14H2,1-7H3. The lowest BCUT2D eigenvalue weighted by molar-refractivity contribution is 0.0187. The molecule has 22 nitrogen and oxygen atoms in total. The monoisotopic (exact) mass is 1190 g/mol. The van der Waals surface area contributed by atoms with E-state index >= 15 is 0 Å². The van der Waals surface area contributed by atoms with Crippen molar-refractivity contribution in [2.24, 2.45) is 7.05 Å². The number of likely N-dealkylation sites (tertiary alicyclic amines) is 2. The Morgan fingerprint density at radius 3 is 1.43 bits per heavy atom. The van der Waals surface area contributed by atoms with Crippen LogP contribution in [-0.4, -0.2) is 130 Å². The van der Waals surface area contributed by atoms with Gasteiger partial charge in [-0.1, -0.05) is 0 Å². The largest absolute Gasteiger partial charge is 0.444 e. The van der Waals surface area contributed by atoms with Gasteiger partial charge in [0.15, 0.2) is 11.3 Å². The van der Waals surface area contributed by atoms with Crippen molar-refractivity contribution in [2.45, 2.75) is 157 Å². The summed E-state index contributed by atoms with van der Waals surface area (Å²) in [6.45, 7) is 28.0. The number of halogens is 1. The molecular formula is C54H71BrN14O8S2. The summed E-state index contributed by atoms with van der Waals surface area (Å²) in [5.74, 6) is 0.821. The van der Waals surface area contributed by atoms with Gasteiger partial charge in [-0.05, 0) is 174 Å². The molecular weight excluding hydrogens is 1120 g/mol. The lowest BCUT2D eigenvalue weighted by Gasteiger charge is -2.34. The van der Waals surface area contributed by atoms with E-state index < -0.39 is 34.6 Å². The summed E-state index contributed by atoms with van der Waals surface area (Å²) >= 11 is 5.96. The van der Waals surface area contributed by atoms with Crippen LogP contribution in [0, 0.1) is 13.8 Å². The number of carbonyl (C=O) groups excluding carboxylic acids is 4. The maximum absolute atomic E-state index is 13.8. The van der Waals surface area contributed by atoms with Gasteiger partial charge in [-0.3, -0.25) is 4.68 Å². The van der Waals surface area contributed by atoms with Crippen molar-refractivity contribution in [1.82, 2.24) is 57.5 Å². The summed E-state index contributed by atoms with van der Waals surface area (Å²) in [4.78, 5) is 69.5. The molecule has 2 aliphatic rings. The van der Waals surface area contributed by atoms with Crippen LogP contribution in [-0.2, 0) is 26.0 Å². The Morgan fingerprint density at radius 2 is 1.03 bits per heavy atom. The molecule has 7 aromatic rings. The second-order valence-corrected chi connectivity index (χ2v) is 26.2. The molecule has 9 rings (SSSR count). The van der Waals surface area contributed by atoms with Gasteiger partial charge in [-0.25, -0.2) is 38.9 Å². The summed E-state index contributed by atoms with van der Waals surface area (Å²) in [5.41, 5.74) is 3.23. The van der Waals surface area contributed by atoms with Crippen molar-refractivity contribution in [3.05, 3.63) is 76.3 Å². The van der Waals surface area contributed by atoms with Gasteiger partial charge in [0.05, 0.1) is 45.8 Å². The molecule has 2 atom stereocenters. The Hall–Kier alpha value is -6.73. The van der Waals surface area contributed by atoms with Gasteiger partial charge in [0.1, 0.15) is 44.0 Å². The van der Waals surface area contributed by atoms with Crippen molar-refractivity contribution in [3.63, 3.8) is 0 Å². The van der Waals surface area contributed by atoms with Gasteiger partial charge in [-0.2, -0.15) is 33.1 Å². The van der Waals surface area contributed by atoms with Crippen molar-refractivity contribution in [2.75, 3.05) is 36.0 Å². The molecule has 0 spiro atoms. The van der Waals surface area contributed by atoms with Gasteiger partial charge < -0.3 is 28.7 Å². The zero-order valence-electron chi connectivity index (χ0n) is 47.7. The van der Waals surface area contributed by atoms with Crippen LogP contribution in [0.3, 0.4) is 0 Å². The van der Waals surface area contributed by atoms with E-state index in [0.29, 0.717) is 63.6 Å². The fourth-order valence-electron chi connectivity index (χ4n) is 8.95. The summed E-state index contributed by atoms with van der Waals surface area (Å²) in [6.07, 6.45) is 8.54. The predicted molar refractivity (Wildman–Crippen MR) is 306 cm³/mol. The van der Waals surface area contributed by atoms with Gasteiger partial charge in [0.2, 0.25) is 0 Å². The Bertz CT molecular complexity index is 3360. The highest BCUT2D eigenvalue weighted by molar-refractivity contribution is 9.10. The Balaban J connectivity index is 0.000000210. The minimum Gasteiger partial charge on any atom is -0.444 e. The molecule has 0 radical (unpaired) electrons. The van der Waals surface area contributed by atoms with E-state index in [9.17, 15) is 19.2 Å². The molecule has 0 bridgehead atoms. The van der Waals surface area contributed by atoms with Crippen LogP contribution in [0.1, 0.15) is 143 Å². The number of aryl methyl sites for hydroxylation is 3. The second kappa shape index (κ2) is 22.8. The van der Waals surface area contributed by atoms with E-state index in [1.54, 1.807) is 42.1 Å². The third kappa shape index (κ3) is 14.4. The zero-order valence-corrected chi connectivity index (χ0v) is 50.9. The molecule has 9 heterocycles. The molecule has 0 aromatic carbocycles. The maximum Gasteiger partial charge on any atom is 0.421 e. The summed E-state index contributed by atoms with van der Waals surface area (Å²) in [6, 6.07) is 7.41. The van der Waals surface area contributed by atoms with Gasteiger partial charge in [0.25, 0.3) is 0 Å². The van der Waals surface area contributed by atoms with Crippen LogP contribution in [0.15, 0.2) is 53.5 Å². The number of carbonyl (C=O) groups is 4. The average molecular weight is 1190 g/mol. The van der Waals surface area contributed by atoms with E-state index in [2.05, 4.69) is 40.0 Å². The highest BCUT2D eigenvalue weighted by atomic mass is 79.9. The number of hydrogen-bond donors (Lipinski definition) is 0. The lowest BCUT2D eigenvalue weighted by atomic mass is 9.94. The molecule has 25 heteroatoms. The minimum atomic E-state index is -0.730. The molecule has 2 saturated heterocycles. The van der Waals surface area contributed by atoms with E-state index in [1.807, 2.05) is 134 Å². The SMILES string of the molecule is Cc1cc(N(C(=O)OC(C)(C)C)c2cc(C3CCCN(C(=O)OC(C)(C)C)C3)nc3c(-c4cnn(C)c4)cnn23)sn1.Cc1cc(N(C(=O)OC(C)(C)C)c2cc(C3CCCN(C(=O)OC(C)(C)C)C3)nc3c(Br)cnn23)sn1. The number of aromatic nitrogens is 10. The van der Waals surface area contributed by atoms with Crippen LogP contribution >= 0.6 is 39.0 Å². The van der Waals surface area contributed by atoms with Gasteiger partial charge >= 0.3 is 24.4 Å². The first-order valence-electron chi connectivity index (χ1n) is 26.2. The predicted octanol–water partition coefficient (Wildman–Crippen LogP) is 12.5. The third-order valence-corrected chi connectivity index (χ3v) is 14.5. The summed E-state index contributed by atoms with van der Waals surface area (Å²) in [7, 11) is 1.85. The Labute approximate surface area is 476 Å². The topological polar surface area (TPSA) is 222 Å². The molecule has 424 valence electrons. The number of hydrogen-bond acceptors (Lipinski definition) is 17. The second-order valence-electron chi connectivity index (χ2n) is 23.8. The molecule has 4 amide bonds. The van der Waals surface area contributed by atoms with Crippen molar-refractivity contribution >= 4 is 96.3 Å². The van der Waals surface area contributed by atoms with Crippen LogP contribution < -0.4 is 9.80 Å². The summed E-state index contributed by atoms with van der Waals surface area (Å²) < 4.78 is 37.4. The molecule has 2 unspecified atom stereocenters. The quantitative estimate of drug-likeness (QED) is 0.135. The summed E-state index contributed by atoms with van der Waals surface area (Å²) in [5, 5.41) is 14.7. The molecule has 0 saturated carbocycles. The number of anilines is 4. The number of rotatable bonds is 7. The molecule has 2 aliphatic heterocycles. The van der Waals surface area contributed by atoms with Crippen molar-refractivity contribution in [1.29, 1.82) is 0 Å². The zero-order chi connectivity index (χ0) is 57.5. The smallest absolute Gasteiger partial charge is 0.421 e. The van der Waals surface area contributed by atoms with Crippen LogP contribution in [0.5, 0.6) is 0 Å². The van der Waals surface area contributed by atoms with Crippen molar-refractivity contribution < 1.29 is 38.1 Å². The number of piperidine rings is 2. The first-order chi connectivity index (χ1) is 36.9. The van der Waals surface area contributed by atoms with Crippen molar-refractivity contribution in [3.8, 4) is 11.1 Å². The Kier molecular flexibility index (Phi) is 16.9. The molecule has 2 fully saturated rings. The molecule has 79 heavy (non-hydrogen) atoms. The number of fused-ring (bicyclic) bond motifs is 2. The Morgan fingerprint density at radius 1 is 0.595 bits per heavy atom. The maximum atomic E-state index is 13.8. The van der Waals surface area contributed by atoms with E-state index in [1.165, 1.54) is 32.9 Å². The normalized spacial score (nSPS) is 16.4. The highest BCUT2D eigenvalue weighted by Crippen LogP contribution is 2.39. The van der Waals surface area contributed by atoms with Gasteiger partial charge in [-0.15, -0.1) is 0 Å². The molecule has 0 N–H and O–H groups in total. The van der Waals surface area contributed by atoms with Crippen LogP contribution in [0.4, 0.5) is 40.8 Å².